The molecule has 1 N–H and O–H groups in total. The summed E-state index contributed by atoms with van der Waals surface area (Å²) in [6.07, 6.45) is 7.67. The van der Waals surface area contributed by atoms with E-state index >= 15 is 0 Å². The molecule has 1 fully saturated rings. The summed E-state index contributed by atoms with van der Waals surface area (Å²) >= 11 is 1.51. The Labute approximate surface area is 137 Å². The Balaban J connectivity index is 1.43. The number of aromatic nitrogens is 5. The largest absolute Gasteiger partial charge is 0.273 e. The predicted octanol–water partition coefficient (Wildman–Crippen LogP) is 2.06. The van der Waals surface area contributed by atoms with Gasteiger partial charge in [0, 0.05) is 30.2 Å². The monoisotopic (exact) mass is 325 g/mol. The van der Waals surface area contributed by atoms with Crippen molar-refractivity contribution in [2.24, 2.45) is 0 Å². The van der Waals surface area contributed by atoms with Crippen LogP contribution in [0.25, 0.3) is 10.6 Å². The maximum absolute atomic E-state index is 4.49. The summed E-state index contributed by atoms with van der Waals surface area (Å²) in [6, 6.07) is 6.31. The van der Waals surface area contributed by atoms with Gasteiger partial charge in [0.15, 0.2) is 0 Å². The van der Waals surface area contributed by atoms with Crippen LogP contribution in [0, 0.1) is 0 Å². The van der Waals surface area contributed by atoms with E-state index in [1.807, 2.05) is 29.4 Å². The molecule has 7 nitrogen and oxygen atoms in total. The number of hydrogen-bond donors (Lipinski definition) is 1. The Bertz CT molecular complexity index is 741. The zero-order valence-electron chi connectivity index (χ0n) is 12.3. The number of anilines is 1. The maximum Gasteiger partial charge on any atom is 0.240 e. The van der Waals surface area contributed by atoms with E-state index in [4.69, 9.17) is 0 Å². The van der Waals surface area contributed by atoms with E-state index in [1.54, 1.807) is 17.9 Å². The third-order valence-electron chi connectivity index (χ3n) is 3.54. The molecule has 0 unspecified atom stereocenters. The molecule has 1 aliphatic carbocycles. The Kier molecular flexibility index (Phi) is 3.91. The van der Waals surface area contributed by atoms with Crippen molar-refractivity contribution < 1.29 is 0 Å². The molecule has 8 heteroatoms. The topological polar surface area (TPSA) is 79.7 Å². The average Bonchev–Trinajstić information content (AvgIpc) is 3.29. The third kappa shape index (κ3) is 3.33. The summed E-state index contributed by atoms with van der Waals surface area (Å²) in [5.74, 6) is 0.709. The lowest BCUT2D eigenvalue weighted by molar-refractivity contribution is 0.593. The van der Waals surface area contributed by atoms with E-state index in [-0.39, 0.29) is 0 Å². The second-order valence-corrected chi connectivity index (χ2v) is 6.10. The van der Waals surface area contributed by atoms with Crippen molar-refractivity contribution in [3.63, 3.8) is 0 Å². The SMILES string of the molecule is c1cnc(N(NCc2ccc(-c3nncs3)cn2)C2CC2)nc1. The fraction of sp³-hybridized carbons (Fsp3) is 0.267. The van der Waals surface area contributed by atoms with Gasteiger partial charge in [-0.2, -0.15) is 0 Å². The fourth-order valence-corrected chi connectivity index (χ4v) is 2.78. The quantitative estimate of drug-likeness (QED) is 0.695. The van der Waals surface area contributed by atoms with Crippen LogP contribution in [0.15, 0.2) is 42.3 Å². The zero-order chi connectivity index (χ0) is 15.5. The molecule has 0 spiro atoms. The Morgan fingerprint density at radius 3 is 2.70 bits per heavy atom. The van der Waals surface area contributed by atoms with Crippen LogP contribution in [0.1, 0.15) is 18.5 Å². The third-order valence-corrected chi connectivity index (χ3v) is 4.28. The summed E-state index contributed by atoms with van der Waals surface area (Å²) in [4.78, 5) is 13.1. The zero-order valence-corrected chi connectivity index (χ0v) is 13.1. The van der Waals surface area contributed by atoms with Gasteiger partial charge >= 0.3 is 0 Å². The highest BCUT2D eigenvalue weighted by atomic mass is 32.1. The first-order valence-electron chi connectivity index (χ1n) is 7.41. The number of hydrogen-bond acceptors (Lipinski definition) is 8. The van der Waals surface area contributed by atoms with Crippen LogP contribution in [0.5, 0.6) is 0 Å². The number of pyridine rings is 1. The van der Waals surface area contributed by atoms with Gasteiger partial charge in [-0.05, 0) is 31.0 Å². The normalized spacial score (nSPS) is 13.9. The van der Waals surface area contributed by atoms with Gasteiger partial charge in [-0.3, -0.25) is 9.99 Å². The first-order chi connectivity index (χ1) is 11.4. The molecule has 0 amide bonds. The molecule has 3 heterocycles. The van der Waals surface area contributed by atoms with Crippen molar-refractivity contribution in [2.75, 3.05) is 5.01 Å². The minimum absolute atomic E-state index is 0.470. The van der Waals surface area contributed by atoms with E-state index in [9.17, 15) is 0 Å². The van der Waals surface area contributed by atoms with Crippen molar-refractivity contribution in [2.45, 2.75) is 25.4 Å². The summed E-state index contributed by atoms with van der Waals surface area (Å²) in [6.45, 7) is 0.630. The van der Waals surface area contributed by atoms with Crippen LogP contribution >= 0.6 is 11.3 Å². The summed E-state index contributed by atoms with van der Waals surface area (Å²) in [5.41, 5.74) is 7.06. The Hall–Kier alpha value is -2.45. The molecule has 23 heavy (non-hydrogen) atoms. The van der Waals surface area contributed by atoms with Gasteiger partial charge in [0.05, 0.1) is 12.2 Å². The molecule has 0 atom stereocenters. The van der Waals surface area contributed by atoms with Gasteiger partial charge in [-0.15, -0.1) is 10.2 Å². The van der Waals surface area contributed by atoms with Crippen molar-refractivity contribution >= 4 is 17.3 Å². The maximum atomic E-state index is 4.49. The lowest BCUT2D eigenvalue weighted by atomic mass is 10.2. The number of hydrazine groups is 1. The lowest BCUT2D eigenvalue weighted by Crippen LogP contribution is -2.40. The van der Waals surface area contributed by atoms with Gasteiger partial charge in [0.2, 0.25) is 5.95 Å². The van der Waals surface area contributed by atoms with Gasteiger partial charge in [-0.1, -0.05) is 11.3 Å². The predicted molar refractivity (Wildman–Crippen MR) is 87.5 cm³/mol. The molecule has 0 aliphatic heterocycles. The molecule has 116 valence electrons. The summed E-state index contributed by atoms with van der Waals surface area (Å²) < 4.78 is 0. The Morgan fingerprint density at radius 1 is 1.17 bits per heavy atom. The first-order valence-corrected chi connectivity index (χ1v) is 8.29. The highest BCUT2D eigenvalue weighted by molar-refractivity contribution is 7.12. The number of nitrogens with one attached hydrogen (secondary N) is 1. The van der Waals surface area contributed by atoms with E-state index < -0.39 is 0 Å². The van der Waals surface area contributed by atoms with Crippen LogP contribution in [-0.2, 0) is 6.54 Å². The van der Waals surface area contributed by atoms with Gasteiger partial charge in [0.1, 0.15) is 10.5 Å². The molecule has 1 saturated carbocycles. The molecule has 0 aromatic carbocycles. The van der Waals surface area contributed by atoms with E-state index in [0.717, 1.165) is 29.1 Å². The smallest absolute Gasteiger partial charge is 0.240 e. The van der Waals surface area contributed by atoms with Crippen LogP contribution in [0.3, 0.4) is 0 Å². The molecule has 0 saturated heterocycles. The molecule has 0 bridgehead atoms. The second-order valence-electron chi connectivity index (χ2n) is 5.27. The number of rotatable bonds is 6. The van der Waals surface area contributed by atoms with Crippen molar-refractivity contribution in [3.05, 3.63) is 48.0 Å². The van der Waals surface area contributed by atoms with Crippen LogP contribution in [0.2, 0.25) is 0 Å². The summed E-state index contributed by atoms with van der Waals surface area (Å²) in [5, 5.41) is 10.8. The Morgan fingerprint density at radius 2 is 2.04 bits per heavy atom. The summed E-state index contributed by atoms with van der Waals surface area (Å²) in [7, 11) is 0. The lowest BCUT2D eigenvalue weighted by Gasteiger charge is -2.22. The standard InChI is InChI=1S/C15H15N7S/c1-6-16-15(17-7-1)22(13-4-5-13)20-9-12-3-2-11(8-18-12)14-21-19-10-23-14/h1-3,6-8,10,13,20H,4-5,9H2. The number of nitrogens with zero attached hydrogens (tertiary/aromatic N) is 6. The van der Waals surface area contributed by atoms with Crippen LogP contribution < -0.4 is 10.4 Å². The minimum atomic E-state index is 0.470. The molecule has 4 rings (SSSR count). The molecular formula is C15H15N7S. The fourth-order valence-electron chi connectivity index (χ4n) is 2.23. The van der Waals surface area contributed by atoms with Crippen molar-refractivity contribution in [1.29, 1.82) is 0 Å². The molecule has 3 aromatic rings. The van der Waals surface area contributed by atoms with Gasteiger partial charge in [0.25, 0.3) is 0 Å². The minimum Gasteiger partial charge on any atom is -0.273 e. The molecule has 0 radical (unpaired) electrons. The highest BCUT2D eigenvalue weighted by Gasteiger charge is 2.30. The van der Waals surface area contributed by atoms with E-state index in [0.29, 0.717) is 18.5 Å². The average molecular weight is 325 g/mol. The second kappa shape index (κ2) is 6.35. The van der Waals surface area contributed by atoms with Crippen molar-refractivity contribution in [3.8, 4) is 10.6 Å². The molecule has 1 aliphatic rings. The van der Waals surface area contributed by atoms with Gasteiger partial charge < -0.3 is 0 Å². The highest BCUT2D eigenvalue weighted by Crippen LogP contribution is 2.28. The molecule has 3 aromatic heterocycles. The first kappa shape index (κ1) is 14.2. The van der Waals surface area contributed by atoms with Crippen LogP contribution in [0.4, 0.5) is 5.95 Å². The van der Waals surface area contributed by atoms with E-state index in [1.165, 1.54) is 11.3 Å². The van der Waals surface area contributed by atoms with Crippen LogP contribution in [-0.4, -0.2) is 31.2 Å². The van der Waals surface area contributed by atoms with Crippen molar-refractivity contribution in [1.82, 2.24) is 30.6 Å². The molecular weight excluding hydrogens is 310 g/mol. The van der Waals surface area contributed by atoms with Gasteiger partial charge in [-0.25, -0.2) is 15.4 Å². The van der Waals surface area contributed by atoms with E-state index in [2.05, 4.69) is 30.6 Å².